The largest absolute Gasteiger partial charge is 0.480 e. The fourth-order valence-corrected chi connectivity index (χ4v) is 3.47. The summed E-state index contributed by atoms with van der Waals surface area (Å²) in [5.41, 5.74) is 2.49. The smallest absolute Gasteiger partial charge is 0.321 e. The Morgan fingerprint density at radius 1 is 1.26 bits per heavy atom. The molecular weight excluding hydrogens is 352 g/mol. The molecule has 0 fully saturated rings. The summed E-state index contributed by atoms with van der Waals surface area (Å²) in [6.07, 6.45) is 0. The van der Waals surface area contributed by atoms with Crippen LogP contribution in [0.4, 0.5) is 0 Å². The van der Waals surface area contributed by atoms with Crippen molar-refractivity contribution in [3.8, 4) is 11.1 Å². The number of thiocarbonyl (C=S) groups is 1. The number of benzene rings is 2. The first kappa shape index (κ1) is 17.8. The van der Waals surface area contributed by atoms with E-state index in [-0.39, 0.29) is 4.38 Å². The molecule has 2 aromatic carbocycles. The molecule has 6 heteroatoms. The molecule has 2 aromatic rings. The molecule has 0 aliphatic heterocycles. The van der Waals surface area contributed by atoms with Crippen LogP contribution < -0.4 is 0 Å². The Labute approximate surface area is 149 Å². The first-order chi connectivity index (χ1) is 11.0. The van der Waals surface area contributed by atoms with Gasteiger partial charge in [0.15, 0.2) is 0 Å². The third-order valence-electron chi connectivity index (χ3n) is 3.10. The highest BCUT2D eigenvalue weighted by Crippen LogP contribution is 2.33. The van der Waals surface area contributed by atoms with Gasteiger partial charge < -0.3 is 9.84 Å². The van der Waals surface area contributed by atoms with E-state index in [4.69, 9.17) is 28.6 Å². The van der Waals surface area contributed by atoms with Gasteiger partial charge in [-0.3, -0.25) is 4.79 Å². The molecule has 120 valence electrons. The second-order valence-corrected chi connectivity index (χ2v) is 6.74. The van der Waals surface area contributed by atoms with E-state index in [2.05, 4.69) is 0 Å². The van der Waals surface area contributed by atoms with Crippen molar-refractivity contribution in [1.29, 1.82) is 0 Å². The average molecular weight is 367 g/mol. The molecule has 0 aromatic heterocycles. The zero-order valence-corrected chi connectivity index (χ0v) is 14.8. The van der Waals surface area contributed by atoms with Crippen molar-refractivity contribution >= 4 is 45.9 Å². The van der Waals surface area contributed by atoms with Gasteiger partial charge in [0, 0.05) is 10.6 Å². The van der Waals surface area contributed by atoms with E-state index in [0.29, 0.717) is 17.2 Å². The Bertz CT molecular complexity index is 701. The standard InChI is InChI=1S/C17H15ClO3S2/c1-2-21-17(22)23-15(16(19)20)12-9-7-11(8-10-12)13-5-3-4-6-14(13)18/h3-10,15H,2H2,1H3,(H,19,20). The summed E-state index contributed by atoms with van der Waals surface area (Å²) in [6, 6.07) is 14.8. The maximum atomic E-state index is 11.5. The molecule has 1 N–H and O–H groups in total. The van der Waals surface area contributed by atoms with Gasteiger partial charge in [-0.25, -0.2) is 0 Å². The summed E-state index contributed by atoms with van der Waals surface area (Å²) in [5.74, 6) is -0.956. The van der Waals surface area contributed by atoms with E-state index in [1.165, 1.54) is 0 Å². The lowest BCUT2D eigenvalue weighted by Gasteiger charge is -2.14. The van der Waals surface area contributed by atoms with Crippen molar-refractivity contribution in [2.75, 3.05) is 6.61 Å². The summed E-state index contributed by atoms with van der Waals surface area (Å²) in [6.45, 7) is 2.23. The molecule has 23 heavy (non-hydrogen) atoms. The number of rotatable bonds is 5. The highest BCUT2D eigenvalue weighted by atomic mass is 35.5. The van der Waals surface area contributed by atoms with Crippen molar-refractivity contribution in [3.05, 3.63) is 59.1 Å². The number of ether oxygens (including phenoxy) is 1. The molecule has 0 bridgehead atoms. The lowest BCUT2D eigenvalue weighted by molar-refractivity contribution is -0.136. The van der Waals surface area contributed by atoms with E-state index in [0.717, 1.165) is 22.9 Å². The van der Waals surface area contributed by atoms with Gasteiger partial charge in [0.1, 0.15) is 5.25 Å². The van der Waals surface area contributed by atoms with Gasteiger partial charge >= 0.3 is 5.97 Å². The molecule has 0 radical (unpaired) electrons. The van der Waals surface area contributed by atoms with Crippen molar-refractivity contribution < 1.29 is 14.6 Å². The third-order valence-corrected chi connectivity index (χ3v) is 4.85. The van der Waals surface area contributed by atoms with Gasteiger partial charge in [0.2, 0.25) is 4.38 Å². The number of hydrogen-bond donors (Lipinski definition) is 1. The molecule has 0 saturated carbocycles. The molecular formula is C17H15ClO3S2. The van der Waals surface area contributed by atoms with Crippen LogP contribution in [0.2, 0.25) is 5.02 Å². The number of aliphatic carboxylic acids is 1. The van der Waals surface area contributed by atoms with Gasteiger partial charge in [-0.05, 0) is 36.3 Å². The van der Waals surface area contributed by atoms with Gasteiger partial charge in [0.05, 0.1) is 6.61 Å². The van der Waals surface area contributed by atoms with Crippen LogP contribution in [0.15, 0.2) is 48.5 Å². The van der Waals surface area contributed by atoms with Gasteiger partial charge in [-0.1, -0.05) is 65.8 Å². The number of carboxylic acids is 1. The van der Waals surface area contributed by atoms with E-state index in [9.17, 15) is 9.90 Å². The fourth-order valence-electron chi connectivity index (χ4n) is 2.04. The highest BCUT2D eigenvalue weighted by Gasteiger charge is 2.23. The molecule has 3 nitrogen and oxygen atoms in total. The van der Waals surface area contributed by atoms with Crippen LogP contribution in [-0.2, 0) is 9.53 Å². The van der Waals surface area contributed by atoms with Crippen LogP contribution in [0.3, 0.4) is 0 Å². The summed E-state index contributed by atoms with van der Waals surface area (Å²) >= 11 is 12.2. The maximum absolute atomic E-state index is 11.5. The summed E-state index contributed by atoms with van der Waals surface area (Å²) < 4.78 is 5.40. The van der Waals surface area contributed by atoms with Crippen LogP contribution in [0, 0.1) is 0 Å². The number of carboxylic acid groups (broad SMARTS) is 1. The number of hydrogen-bond acceptors (Lipinski definition) is 4. The predicted octanol–water partition coefficient (Wildman–Crippen LogP) is 5.19. The van der Waals surface area contributed by atoms with Crippen LogP contribution >= 0.6 is 35.6 Å². The van der Waals surface area contributed by atoms with Gasteiger partial charge in [0.25, 0.3) is 0 Å². The van der Waals surface area contributed by atoms with Crippen LogP contribution in [-0.4, -0.2) is 22.1 Å². The zero-order valence-electron chi connectivity index (χ0n) is 12.4. The molecule has 2 rings (SSSR count). The van der Waals surface area contributed by atoms with Crippen LogP contribution in [0.5, 0.6) is 0 Å². The van der Waals surface area contributed by atoms with Gasteiger partial charge in [-0.15, -0.1) is 0 Å². The minimum absolute atomic E-state index is 0.232. The number of thioether (sulfide) groups is 1. The molecule has 1 unspecified atom stereocenters. The maximum Gasteiger partial charge on any atom is 0.321 e. The Morgan fingerprint density at radius 2 is 1.91 bits per heavy atom. The summed E-state index contributed by atoms with van der Waals surface area (Å²) in [4.78, 5) is 11.5. The molecule has 1 atom stereocenters. The SMILES string of the molecule is CCOC(=S)SC(C(=O)O)c1ccc(-c2ccccc2Cl)cc1. The van der Waals surface area contributed by atoms with Crippen LogP contribution in [0.25, 0.3) is 11.1 Å². The fraction of sp³-hybridized carbons (Fsp3) is 0.176. The summed E-state index contributed by atoms with van der Waals surface area (Å²) in [5, 5.41) is 9.27. The lowest BCUT2D eigenvalue weighted by atomic mass is 10.0. The monoisotopic (exact) mass is 366 g/mol. The molecule has 0 aliphatic rings. The highest BCUT2D eigenvalue weighted by molar-refractivity contribution is 8.23. The third kappa shape index (κ3) is 4.70. The summed E-state index contributed by atoms with van der Waals surface area (Å²) in [7, 11) is 0. The van der Waals surface area contributed by atoms with Crippen molar-refractivity contribution in [2.45, 2.75) is 12.2 Å². The van der Waals surface area contributed by atoms with Crippen molar-refractivity contribution in [2.24, 2.45) is 0 Å². The van der Waals surface area contributed by atoms with E-state index < -0.39 is 11.2 Å². The quantitative estimate of drug-likeness (QED) is 0.738. The van der Waals surface area contributed by atoms with E-state index in [1.54, 1.807) is 19.1 Å². The minimum atomic E-state index is -0.956. The van der Waals surface area contributed by atoms with E-state index >= 15 is 0 Å². The average Bonchev–Trinajstić information content (AvgIpc) is 2.53. The normalized spacial score (nSPS) is 11.7. The first-order valence-corrected chi connectivity index (χ1v) is 8.60. The Balaban J connectivity index is 2.24. The predicted molar refractivity (Wildman–Crippen MR) is 99.1 cm³/mol. The minimum Gasteiger partial charge on any atom is -0.480 e. The topological polar surface area (TPSA) is 46.5 Å². The molecule has 0 amide bonds. The first-order valence-electron chi connectivity index (χ1n) is 6.94. The van der Waals surface area contributed by atoms with Gasteiger partial charge in [-0.2, -0.15) is 0 Å². The molecule has 0 saturated heterocycles. The Kier molecular flexibility index (Phi) is 6.45. The zero-order chi connectivity index (χ0) is 16.8. The molecule has 0 heterocycles. The lowest BCUT2D eigenvalue weighted by Crippen LogP contribution is -2.11. The Morgan fingerprint density at radius 3 is 2.48 bits per heavy atom. The van der Waals surface area contributed by atoms with E-state index in [1.807, 2.05) is 36.4 Å². The molecule has 0 aliphatic carbocycles. The Hall–Kier alpha value is -1.56. The van der Waals surface area contributed by atoms with Crippen LogP contribution in [0.1, 0.15) is 17.7 Å². The molecule has 0 spiro atoms. The second kappa shape index (κ2) is 8.34. The van der Waals surface area contributed by atoms with Crippen molar-refractivity contribution in [3.63, 3.8) is 0 Å². The second-order valence-electron chi connectivity index (χ2n) is 4.62. The number of halogens is 1. The van der Waals surface area contributed by atoms with Crippen molar-refractivity contribution in [1.82, 2.24) is 0 Å². The number of carbonyl (C=O) groups is 1.